The number of thiazole rings is 1. The Hall–Kier alpha value is -3.13. The monoisotopic (exact) mass is 350 g/mol. The molecule has 0 bridgehead atoms. The van der Waals surface area contributed by atoms with Gasteiger partial charge < -0.3 is 5.32 Å². The maximum Gasteiger partial charge on any atom is 0.246 e. The maximum atomic E-state index is 11.9. The largest absolute Gasteiger partial charge is 0.324 e. The highest BCUT2D eigenvalue weighted by Crippen LogP contribution is 2.31. The summed E-state index contributed by atoms with van der Waals surface area (Å²) in [4.78, 5) is 16.6. The van der Waals surface area contributed by atoms with Gasteiger partial charge in [0.05, 0.1) is 10.2 Å². The highest BCUT2D eigenvalue weighted by molar-refractivity contribution is 7.21. The van der Waals surface area contributed by atoms with Crippen molar-refractivity contribution in [2.45, 2.75) is 13.5 Å². The van der Waals surface area contributed by atoms with Crippen LogP contribution in [0.25, 0.3) is 20.8 Å². The van der Waals surface area contributed by atoms with Crippen molar-refractivity contribution in [2.24, 2.45) is 0 Å². The van der Waals surface area contributed by atoms with Crippen LogP contribution in [0.2, 0.25) is 0 Å². The zero-order valence-electron chi connectivity index (χ0n) is 13.4. The molecule has 0 aliphatic rings. The minimum Gasteiger partial charge on any atom is -0.324 e. The summed E-state index contributed by atoms with van der Waals surface area (Å²) >= 11 is 1.66. The number of aryl methyl sites for hydroxylation is 1. The van der Waals surface area contributed by atoms with Gasteiger partial charge in [-0.2, -0.15) is 0 Å². The standard InChI is InChI=1S/C17H14N6OS/c1-11-2-7-14-15(8-11)25-17(20-14)12-3-5-13(6-4-12)19-16(24)9-23-10-18-21-22-23/h2-8,10H,9H2,1H3,(H,19,24). The lowest BCUT2D eigenvalue weighted by atomic mass is 10.2. The van der Waals surface area contributed by atoms with Gasteiger partial charge in [-0.05, 0) is 59.3 Å². The molecule has 2 heterocycles. The molecule has 4 rings (SSSR count). The van der Waals surface area contributed by atoms with Crippen molar-refractivity contribution < 1.29 is 4.79 Å². The molecule has 0 spiro atoms. The van der Waals surface area contributed by atoms with Crippen LogP contribution in [0.4, 0.5) is 5.69 Å². The van der Waals surface area contributed by atoms with E-state index in [-0.39, 0.29) is 12.5 Å². The molecule has 2 aromatic carbocycles. The Morgan fingerprint density at radius 1 is 1.20 bits per heavy atom. The molecule has 4 aromatic rings. The van der Waals surface area contributed by atoms with Gasteiger partial charge in [0.1, 0.15) is 17.9 Å². The lowest BCUT2D eigenvalue weighted by molar-refractivity contribution is -0.116. The number of nitrogens with zero attached hydrogens (tertiary/aromatic N) is 5. The Kier molecular flexibility index (Phi) is 3.95. The number of carbonyl (C=O) groups excluding carboxylic acids is 1. The van der Waals surface area contributed by atoms with Crippen LogP contribution >= 0.6 is 11.3 Å². The number of nitrogens with one attached hydrogen (secondary N) is 1. The van der Waals surface area contributed by atoms with E-state index in [0.29, 0.717) is 0 Å². The highest BCUT2D eigenvalue weighted by Gasteiger charge is 2.08. The molecule has 0 atom stereocenters. The number of anilines is 1. The van der Waals surface area contributed by atoms with E-state index in [2.05, 4.69) is 44.9 Å². The average Bonchev–Trinajstić information content (AvgIpc) is 3.24. The first-order valence-electron chi connectivity index (χ1n) is 7.66. The molecule has 25 heavy (non-hydrogen) atoms. The normalized spacial score (nSPS) is 10.9. The summed E-state index contributed by atoms with van der Waals surface area (Å²) in [5.41, 5.74) is 3.98. The van der Waals surface area contributed by atoms with Crippen molar-refractivity contribution in [3.63, 3.8) is 0 Å². The van der Waals surface area contributed by atoms with Crippen LogP contribution < -0.4 is 5.32 Å². The third-order valence-electron chi connectivity index (χ3n) is 3.66. The minimum absolute atomic E-state index is 0.0754. The van der Waals surface area contributed by atoms with Crippen molar-refractivity contribution in [1.29, 1.82) is 0 Å². The number of benzene rings is 2. The minimum atomic E-state index is -0.185. The van der Waals surface area contributed by atoms with Gasteiger partial charge in [0.25, 0.3) is 0 Å². The third-order valence-corrected chi connectivity index (χ3v) is 4.72. The van der Waals surface area contributed by atoms with E-state index in [1.807, 2.05) is 30.3 Å². The fourth-order valence-electron chi connectivity index (χ4n) is 2.45. The van der Waals surface area contributed by atoms with Crippen LogP contribution in [0.15, 0.2) is 48.8 Å². The van der Waals surface area contributed by atoms with E-state index in [0.717, 1.165) is 21.8 Å². The zero-order chi connectivity index (χ0) is 17.2. The first kappa shape index (κ1) is 15.4. The van der Waals surface area contributed by atoms with Crippen molar-refractivity contribution in [3.05, 3.63) is 54.4 Å². The summed E-state index contributed by atoms with van der Waals surface area (Å²) in [6.45, 7) is 2.15. The van der Waals surface area contributed by atoms with Crippen LogP contribution in [0, 0.1) is 6.92 Å². The summed E-state index contributed by atoms with van der Waals surface area (Å²) in [5, 5.41) is 14.4. The van der Waals surface area contributed by atoms with Gasteiger partial charge in [0.2, 0.25) is 5.91 Å². The Bertz CT molecular complexity index is 1020. The van der Waals surface area contributed by atoms with E-state index in [9.17, 15) is 4.79 Å². The second-order valence-electron chi connectivity index (χ2n) is 5.62. The molecule has 2 aromatic heterocycles. The number of amides is 1. The van der Waals surface area contributed by atoms with Gasteiger partial charge in [-0.15, -0.1) is 16.4 Å². The highest BCUT2D eigenvalue weighted by atomic mass is 32.1. The third kappa shape index (κ3) is 3.38. The van der Waals surface area contributed by atoms with Crippen LogP contribution in [0.1, 0.15) is 5.56 Å². The topological polar surface area (TPSA) is 85.6 Å². The summed E-state index contributed by atoms with van der Waals surface area (Å²) in [5.74, 6) is -0.185. The molecule has 0 saturated heterocycles. The number of fused-ring (bicyclic) bond motifs is 1. The van der Waals surface area contributed by atoms with E-state index in [1.165, 1.54) is 21.3 Å². The fraction of sp³-hybridized carbons (Fsp3) is 0.118. The van der Waals surface area contributed by atoms with Gasteiger partial charge in [-0.1, -0.05) is 6.07 Å². The van der Waals surface area contributed by atoms with E-state index < -0.39 is 0 Å². The maximum absolute atomic E-state index is 11.9. The molecule has 8 heteroatoms. The van der Waals surface area contributed by atoms with Crippen molar-refractivity contribution in [3.8, 4) is 10.6 Å². The lowest BCUT2D eigenvalue weighted by Gasteiger charge is -2.05. The van der Waals surface area contributed by atoms with Gasteiger partial charge >= 0.3 is 0 Å². The fourth-order valence-corrected chi connectivity index (χ4v) is 3.52. The molecule has 1 N–H and O–H groups in total. The summed E-state index contributed by atoms with van der Waals surface area (Å²) in [7, 11) is 0. The second kappa shape index (κ2) is 6.40. The summed E-state index contributed by atoms with van der Waals surface area (Å²) < 4.78 is 2.54. The predicted octanol–water partition coefficient (Wildman–Crippen LogP) is 2.90. The molecule has 0 saturated carbocycles. The Balaban J connectivity index is 1.50. The molecule has 0 aliphatic heterocycles. The molecule has 0 fully saturated rings. The van der Waals surface area contributed by atoms with Crippen LogP contribution in [-0.4, -0.2) is 31.1 Å². The molecular weight excluding hydrogens is 336 g/mol. The number of rotatable bonds is 4. The van der Waals surface area contributed by atoms with Crippen LogP contribution in [-0.2, 0) is 11.3 Å². The first-order chi connectivity index (χ1) is 12.2. The molecule has 7 nitrogen and oxygen atoms in total. The van der Waals surface area contributed by atoms with Crippen molar-refractivity contribution >= 4 is 33.1 Å². The first-order valence-corrected chi connectivity index (χ1v) is 8.47. The van der Waals surface area contributed by atoms with E-state index in [4.69, 9.17) is 0 Å². The Morgan fingerprint density at radius 2 is 2.04 bits per heavy atom. The van der Waals surface area contributed by atoms with Gasteiger partial charge in [0.15, 0.2) is 0 Å². The Labute approximate surface area is 147 Å². The number of hydrogen-bond donors (Lipinski definition) is 1. The second-order valence-corrected chi connectivity index (χ2v) is 6.65. The smallest absolute Gasteiger partial charge is 0.246 e. The molecule has 124 valence electrons. The van der Waals surface area contributed by atoms with E-state index in [1.54, 1.807) is 11.3 Å². The van der Waals surface area contributed by atoms with Gasteiger partial charge in [0, 0.05) is 11.3 Å². The number of carbonyl (C=O) groups is 1. The molecule has 0 radical (unpaired) electrons. The molecule has 0 unspecified atom stereocenters. The quantitative estimate of drug-likeness (QED) is 0.612. The SMILES string of the molecule is Cc1ccc2nc(-c3ccc(NC(=O)Cn4cnnn4)cc3)sc2c1. The molecule has 0 aliphatic carbocycles. The Morgan fingerprint density at radius 3 is 2.80 bits per heavy atom. The average molecular weight is 350 g/mol. The van der Waals surface area contributed by atoms with Gasteiger partial charge in [-0.25, -0.2) is 9.67 Å². The van der Waals surface area contributed by atoms with E-state index >= 15 is 0 Å². The van der Waals surface area contributed by atoms with Crippen LogP contribution in [0.5, 0.6) is 0 Å². The number of hydrogen-bond acceptors (Lipinski definition) is 6. The van der Waals surface area contributed by atoms with Crippen molar-refractivity contribution in [2.75, 3.05) is 5.32 Å². The number of aromatic nitrogens is 5. The molecule has 1 amide bonds. The number of tetrazole rings is 1. The van der Waals surface area contributed by atoms with Crippen LogP contribution in [0.3, 0.4) is 0 Å². The lowest BCUT2D eigenvalue weighted by Crippen LogP contribution is -2.19. The van der Waals surface area contributed by atoms with Gasteiger partial charge in [-0.3, -0.25) is 4.79 Å². The summed E-state index contributed by atoms with van der Waals surface area (Å²) in [6, 6.07) is 13.9. The summed E-state index contributed by atoms with van der Waals surface area (Å²) in [6.07, 6.45) is 1.40. The zero-order valence-corrected chi connectivity index (χ0v) is 14.2. The predicted molar refractivity (Wildman–Crippen MR) is 96.2 cm³/mol. The van der Waals surface area contributed by atoms with Crippen molar-refractivity contribution in [1.82, 2.24) is 25.2 Å². The molecular formula is C17H14N6OS.